The summed E-state index contributed by atoms with van der Waals surface area (Å²) in [7, 11) is 3.73. The number of pyridine rings is 1. The first-order valence-corrected chi connectivity index (χ1v) is 11.0. The monoisotopic (exact) mass is 442 g/mol. The van der Waals surface area contributed by atoms with Crippen LogP contribution < -0.4 is 10.1 Å². The maximum atomic E-state index is 12.8. The van der Waals surface area contributed by atoms with Crippen molar-refractivity contribution in [3.63, 3.8) is 0 Å². The fourth-order valence-corrected chi connectivity index (χ4v) is 3.96. The molecule has 1 aliphatic heterocycles. The lowest BCUT2D eigenvalue weighted by Gasteiger charge is -2.32. The summed E-state index contributed by atoms with van der Waals surface area (Å²) in [5.41, 5.74) is 4.21. The molecular formula is C25H26N6O2. The van der Waals surface area contributed by atoms with E-state index in [-0.39, 0.29) is 5.91 Å². The van der Waals surface area contributed by atoms with Crippen molar-refractivity contribution in [3.05, 3.63) is 72.3 Å². The molecule has 0 unspecified atom stereocenters. The number of fused-ring (bicyclic) bond motifs is 1. The number of ether oxygens (including phenoxy) is 1. The molecule has 2 aromatic carbocycles. The number of likely N-dealkylation sites (N-methyl/N-ethyl adjacent to an activating group) is 1. The van der Waals surface area contributed by atoms with Gasteiger partial charge < -0.3 is 19.9 Å². The Hall–Kier alpha value is -3.91. The Morgan fingerprint density at radius 1 is 0.939 bits per heavy atom. The Morgan fingerprint density at radius 2 is 1.67 bits per heavy atom. The fourth-order valence-electron chi connectivity index (χ4n) is 3.96. The predicted octanol–water partition coefficient (Wildman–Crippen LogP) is 3.54. The van der Waals surface area contributed by atoms with E-state index < -0.39 is 0 Å². The van der Waals surface area contributed by atoms with Crippen molar-refractivity contribution in [2.45, 2.75) is 0 Å². The smallest absolute Gasteiger partial charge is 0.253 e. The van der Waals surface area contributed by atoms with Gasteiger partial charge in [-0.3, -0.25) is 4.79 Å². The zero-order valence-electron chi connectivity index (χ0n) is 18.7. The second-order valence-corrected chi connectivity index (χ2v) is 8.14. The summed E-state index contributed by atoms with van der Waals surface area (Å²) in [6.07, 6.45) is 0. The first kappa shape index (κ1) is 21.0. The van der Waals surface area contributed by atoms with E-state index in [2.05, 4.69) is 27.3 Å². The Balaban J connectivity index is 1.33. The summed E-state index contributed by atoms with van der Waals surface area (Å²) >= 11 is 0. The van der Waals surface area contributed by atoms with Crippen LogP contribution in [-0.2, 0) is 0 Å². The first-order valence-electron chi connectivity index (χ1n) is 11.0. The molecule has 0 radical (unpaired) electrons. The molecule has 0 bridgehead atoms. The molecule has 2 aromatic heterocycles. The highest BCUT2D eigenvalue weighted by Crippen LogP contribution is 2.24. The third-order valence-electron chi connectivity index (χ3n) is 5.92. The number of amides is 1. The average molecular weight is 443 g/mol. The third kappa shape index (κ3) is 4.38. The normalized spacial score (nSPS) is 14.4. The lowest BCUT2D eigenvalue weighted by Crippen LogP contribution is -2.47. The number of rotatable bonds is 5. The Kier molecular flexibility index (Phi) is 5.66. The van der Waals surface area contributed by atoms with Gasteiger partial charge in [-0.25, -0.2) is 4.52 Å². The molecule has 1 saturated heterocycles. The van der Waals surface area contributed by atoms with Crippen molar-refractivity contribution < 1.29 is 9.53 Å². The molecule has 1 aliphatic rings. The van der Waals surface area contributed by atoms with Crippen molar-refractivity contribution >= 4 is 23.2 Å². The third-order valence-corrected chi connectivity index (χ3v) is 5.92. The molecule has 1 amide bonds. The number of hydrogen-bond donors (Lipinski definition) is 1. The summed E-state index contributed by atoms with van der Waals surface area (Å²) in [6.45, 7) is 3.33. The molecule has 8 heteroatoms. The van der Waals surface area contributed by atoms with Crippen molar-refractivity contribution in [2.75, 3.05) is 45.7 Å². The maximum absolute atomic E-state index is 12.8. The highest BCUT2D eigenvalue weighted by molar-refractivity contribution is 5.94. The summed E-state index contributed by atoms with van der Waals surface area (Å²) in [6, 6.07) is 21.2. The number of anilines is 2. The van der Waals surface area contributed by atoms with Crippen LogP contribution in [0.4, 0.5) is 11.6 Å². The van der Waals surface area contributed by atoms with E-state index in [1.54, 1.807) is 7.11 Å². The summed E-state index contributed by atoms with van der Waals surface area (Å²) in [4.78, 5) is 21.5. The molecule has 168 valence electrons. The molecule has 33 heavy (non-hydrogen) atoms. The Bertz CT molecular complexity index is 1260. The first-order chi connectivity index (χ1) is 16.1. The van der Waals surface area contributed by atoms with Crippen LogP contribution in [0.5, 0.6) is 5.75 Å². The number of carbonyl (C=O) groups is 1. The van der Waals surface area contributed by atoms with Crippen LogP contribution in [0.25, 0.3) is 16.9 Å². The topological polar surface area (TPSA) is 75.0 Å². The van der Waals surface area contributed by atoms with Gasteiger partial charge in [0.2, 0.25) is 5.95 Å². The van der Waals surface area contributed by atoms with Gasteiger partial charge in [-0.1, -0.05) is 6.07 Å². The lowest BCUT2D eigenvalue weighted by atomic mass is 10.1. The SMILES string of the molecule is COc1ccc(-c2cccc3nc(Nc4ccc(C(=O)N5CCN(C)CC5)cc4)nn23)cc1. The molecule has 5 rings (SSSR count). The van der Waals surface area contributed by atoms with E-state index in [0.29, 0.717) is 11.5 Å². The highest BCUT2D eigenvalue weighted by Gasteiger charge is 2.20. The zero-order valence-corrected chi connectivity index (χ0v) is 18.7. The summed E-state index contributed by atoms with van der Waals surface area (Å²) in [5.74, 6) is 1.38. The molecule has 0 aliphatic carbocycles. The van der Waals surface area contributed by atoms with Gasteiger partial charge in [-0.05, 0) is 67.7 Å². The number of aromatic nitrogens is 3. The van der Waals surface area contributed by atoms with Crippen LogP contribution in [0.3, 0.4) is 0 Å². The predicted molar refractivity (Wildman–Crippen MR) is 128 cm³/mol. The number of hydrogen-bond acceptors (Lipinski definition) is 6. The van der Waals surface area contributed by atoms with E-state index in [1.807, 2.05) is 76.1 Å². The number of benzene rings is 2. The van der Waals surface area contributed by atoms with Gasteiger partial charge >= 0.3 is 0 Å². The van der Waals surface area contributed by atoms with Gasteiger partial charge in [0, 0.05) is 43.0 Å². The Morgan fingerprint density at radius 3 is 2.36 bits per heavy atom. The van der Waals surface area contributed by atoms with Crippen molar-refractivity contribution in [1.82, 2.24) is 24.4 Å². The van der Waals surface area contributed by atoms with Crippen LogP contribution >= 0.6 is 0 Å². The van der Waals surface area contributed by atoms with Crippen molar-refractivity contribution in [3.8, 4) is 17.0 Å². The quantitative estimate of drug-likeness (QED) is 0.510. The Labute approximate surface area is 192 Å². The minimum absolute atomic E-state index is 0.0737. The second-order valence-electron chi connectivity index (χ2n) is 8.14. The molecular weight excluding hydrogens is 416 g/mol. The van der Waals surface area contributed by atoms with Gasteiger partial charge in [0.25, 0.3) is 5.91 Å². The van der Waals surface area contributed by atoms with E-state index >= 15 is 0 Å². The second kappa shape index (κ2) is 8.91. The van der Waals surface area contributed by atoms with E-state index in [0.717, 1.165) is 54.5 Å². The van der Waals surface area contributed by atoms with E-state index in [4.69, 9.17) is 4.74 Å². The van der Waals surface area contributed by atoms with Gasteiger partial charge in [0.15, 0.2) is 5.65 Å². The molecule has 8 nitrogen and oxygen atoms in total. The number of methoxy groups -OCH3 is 1. The number of nitrogens with zero attached hydrogens (tertiary/aromatic N) is 5. The molecule has 0 saturated carbocycles. The summed E-state index contributed by atoms with van der Waals surface area (Å²) in [5, 5.41) is 7.90. The van der Waals surface area contributed by atoms with Gasteiger partial charge in [-0.2, -0.15) is 4.98 Å². The maximum Gasteiger partial charge on any atom is 0.253 e. The molecule has 0 spiro atoms. The molecule has 1 fully saturated rings. The number of nitrogens with one attached hydrogen (secondary N) is 1. The van der Waals surface area contributed by atoms with Crippen LogP contribution in [0.15, 0.2) is 66.7 Å². The highest BCUT2D eigenvalue weighted by atomic mass is 16.5. The van der Waals surface area contributed by atoms with E-state index in [9.17, 15) is 4.79 Å². The van der Waals surface area contributed by atoms with Crippen LogP contribution in [0.2, 0.25) is 0 Å². The van der Waals surface area contributed by atoms with Gasteiger partial charge in [-0.15, -0.1) is 5.10 Å². The summed E-state index contributed by atoms with van der Waals surface area (Å²) < 4.78 is 7.07. The number of piperazine rings is 1. The molecule has 4 aromatic rings. The van der Waals surface area contributed by atoms with Gasteiger partial charge in [0.1, 0.15) is 5.75 Å². The minimum Gasteiger partial charge on any atom is -0.497 e. The van der Waals surface area contributed by atoms with Crippen LogP contribution in [-0.4, -0.2) is 70.6 Å². The lowest BCUT2D eigenvalue weighted by molar-refractivity contribution is 0.0664. The van der Waals surface area contributed by atoms with Crippen molar-refractivity contribution in [1.29, 1.82) is 0 Å². The average Bonchev–Trinajstić information content (AvgIpc) is 3.27. The molecule has 3 heterocycles. The fraction of sp³-hybridized carbons (Fsp3) is 0.240. The van der Waals surface area contributed by atoms with Crippen LogP contribution in [0.1, 0.15) is 10.4 Å². The standard InChI is InChI=1S/C25H26N6O2/c1-29-14-16-30(17-15-29)24(32)19-6-10-20(11-7-19)26-25-27-23-5-3-4-22(31(23)28-25)18-8-12-21(33-2)13-9-18/h3-13H,14-17H2,1-2H3,(H,26,28). The largest absolute Gasteiger partial charge is 0.497 e. The number of carbonyl (C=O) groups excluding carboxylic acids is 1. The molecule has 0 atom stereocenters. The van der Waals surface area contributed by atoms with Crippen LogP contribution in [0, 0.1) is 0 Å². The minimum atomic E-state index is 0.0737. The zero-order chi connectivity index (χ0) is 22.8. The van der Waals surface area contributed by atoms with E-state index in [1.165, 1.54) is 0 Å². The molecule has 1 N–H and O–H groups in total. The van der Waals surface area contributed by atoms with Gasteiger partial charge in [0.05, 0.1) is 12.8 Å². The van der Waals surface area contributed by atoms with Crippen molar-refractivity contribution in [2.24, 2.45) is 0 Å².